The minimum atomic E-state index is 0.0611. The number of methoxy groups -OCH3 is 1. The van der Waals surface area contributed by atoms with Gasteiger partial charge in [-0.05, 0) is 66.6 Å². The number of pyridine rings is 1. The lowest BCUT2D eigenvalue weighted by Crippen LogP contribution is -2.48. The van der Waals surface area contributed by atoms with Crippen LogP contribution in [0.25, 0.3) is 28.0 Å². The van der Waals surface area contributed by atoms with Crippen molar-refractivity contribution in [2.75, 3.05) is 39.9 Å². The second-order valence-electron chi connectivity index (χ2n) is 10.2. The number of carbonyl (C=O) groups excluding carboxylic acids is 1. The molecule has 0 radical (unpaired) electrons. The molecule has 1 amide bonds. The number of ether oxygens (including phenoxy) is 2. The first-order valence-corrected chi connectivity index (χ1v) is 14.1. The standard InChI is InChI=1S/C34H34N4O3/c1-3-41-30-11-7-10-27(22-30)28-14-17-32-35-33(25-8-5-4-6-9-25)31(38(32)23-28)24-36-18-20-37(21-19-36)34(39)26-12-15-29(40-2)16-13-26/h4-17,22-23H,3,18-21,24H2,1-2H3. The summed E-state index contributed by atoms with van der Waals surface area (Å²) in [6.07, 6.45) is 2.18. The SMILES string of the molecule is CCOc1cccc(-c2ccc3nc(-c4ccccc4)c(CN4CCN(C(=O)c5ccc(OC)cc5)CC4)n3c2)c1. The molecular formula is C34H34N4O3. The summed E-state index contributed by atoms with van der Waals surface area (Å²) in [7, 11) is 1.63. The van der Waals surface area contributed by atoms with Gasteiger partial charge in [0.15, 0.2) is 0 Å². The lowest BCUT2D eigenvalue weighted by Gasteiger charge is -2.34. The van der Waals surface area contributed by atoms with E-state index in [2.05, 4.69) is 64.0 Å². The van der Waals surface area contributed by atoms with Gasteiger partial charge in [0.05, 0.1) is 25.1 Å². The van der Waals surface area contributed by atoms with E-state index in [0.29, 0.717) is 25.3 Å². The van der Waals surface area contributed by atoms with Gasteiger partial charge in [-0.2, -0.15) is 0 Å². The highest BCUT2D eigenvalue weighted by Crippen LogP contribution is 2.30. The lowest BCUT2D eigenvalue weighted by atomic mass is 10.1. The zero-order valence-electron chi connectivity index (χ0n) is 23.5. The molecule has 208 valence electrons. The Kier molecular flexibility index (Phi) is 7.69. The number of fused-ring (bicyclic) bond motifs is 1. The van der Waals surface area contributed by atoms with Gasteiger partial charge in [0.25, 0.3) is 5.91 Å². The number of hydrogen-bond acceptors (Lipinski definition) is 5. The van der Waals surface area contributed by atoms with Crippen LogP contribution in [0.4, 0.5) is 0 Å². The number of carbonyl (C=O) groups is 1. The molecule has 2 aromatic heterocycles. The van der Waals surface area contributed by atoms with Crippen molar-refractivity contribution in [3.05, 3.63) is 108 Å². The molecule has 41 heavy (non-hydrogen) atoms. The van der Waals surface area contributed by atoms with E-state index in [1.807, 2.05) is 54.3 Å². The molecule has 3 aromatic carbocycles. The molecule has 1 aliphatic rings. The van der Waals surface area contributed by atoms with Gasteiger partial charge < -0.3 is 18.8 Å². The predicted octanol–water partition coefficient (Wildman–Crippen LogP) is 6.03. The van der Waals surface area contributed by atoms with Crippen LogP contribution in [0.2, 0.25) is 0 Å². The number of amides is 1. The molecule has 0 spiro atoms. The monoisotopic (exact) mass is 546 g/mol. The fourth-order valence-corrected chi connectivity index (χ4v) is 5.41. The summed E-state index contributed by atoms with van der Waals surface area (Å²) in [6, 6.07) is 30.1. The van der Waals surface area contributed by atoms with Crippen LogP contribution in [-0.4, -0.2) is 65.0 Å². The van der Waals surface area contributed by atoms with Crippen LogP contribution in [0.1, 0.15) is 23.0 Å². The van der Waals surface area contributed by atoms with E-state index in [-0.39, 0.29) is 5.91 Å². The number of imidazole rings is 1. The number of hydrogen-bond donors (Lipinski definition) is 0. The Balaban J connectivity index is 1.27. The number of aromatic nitrogens is 2. The van der Waals surface area contributed by atoms with Gasteiger partial charge in [0.1, 0.15) is 17.1 Å². The zero-order valence-corrected chi connectivity index (χ0v) is 23.5. The number of nitrogens with zero attached hydrogens (tertiary/aromatic N) is 4. The molecular weight excluding hydrogens is 512 g/mol. The topological polar surface area (TPSA) is 59.3 Å². The van der Waals surface area contributed by atoms with Crippen LogP contribution >= 0.6 is 0 Å². The average Bonchev–Trinajstić information content (AvgIpc) is 3.39. The highest BCUT2D eigenvalue weighted by atomic mass is 16.5. The maximum absolute atomic E-state index is 13.1. The van der Waals surface area contributed by atoms with Gasteiger partial charge in [-0.3, -0.25) is 9.69 Å². The third-order valence-corrected chi connectivity index (χ3v) is 7.61. The quantitative estimate of drug-likeness (QED) is 0.238. The molecule has 1 fully saturated rings. The lowest BCUT2D eigenvalue weighted by molar-refractivity contribution is 0.0627. The first-order chi connectivity index (χ1) is 20.1. The van der Waals surface area contributed by atoms with Gasteiger partial charge in [-0.25, -0.2) is 4.98 Å². The summed E-state index contributed by atoms with van der Waals surface area (Å²) in [5, 5.41) is 0. The van der Waals surface area contributed by atoms with Gasteiger partial charge in [0, 0.05) is 50.0 Å². The van der Waals surface area contributed by atoms with Crippen LogP contribution in [0.15, 0.2) is 97.2 Å². The largest absolute Gasteiger partial charge is 0.497 e. The number of rotatable bonds is 8. The highest BCUT2D eigenvalue weighted by Gasteiger charge is 2.24. The van der Waals surface area contributed by atoms with Crippen molar-refractivity contribution in [3.8, 4) is 33.9 Å². The summed E-state index contributed by atoms with van der Waals surface area (Å²) in [5.41, 5.74) is 7.03. The molecule has 0 saturated carbocycles. The first kappa shape index (κ1) is 26.6. The van der Waals surface area contributed by atoms with Crippen LogP contribution in [-0.2, 0) is 6.54 Å². The van der Waals surface area contributed by atoms with Gasteiger partial charge in [-0.15, -0.1) is 0 Å². The van der Waals surface area contributed by atoms with Crippen molar-refractivity contribution < 1.29 is 14.3 Å². The summed E-state index contributed by atoms with van der Waals surface area (Å²) in [4.78, 5) is 22.5. The summed E-state index contributed by atoms with van der Waals surface area (Å²) < 4.78 is 13.2. The van der Waals surface area contributed by atoms with Crippen LogP contribution in [0.3, 0.4) is 0 Å². The van der Waals surface area contributed by atoms with Crippen molar-refractivity contribution in [1.29, 1.82) is 0 Å². The van der Waals surface area contributed by atoms with Gasteiger partial charge >= 0.3 is 0 Å². The van der Waals surface area contributed by atoms with Crippen molar-refractivity contribution in [2.24, 2.45) is 0 Å². The third kappa shape index (κ3) is 5.67. The van der Waals surface area contributed by atoms with Crippen molar-refractivity contribution >= 4 is 11.6 Å². The normalized spacial score (nSPS) is 13.9. The Morgan fingerprint density at radius 2 is 1.56 bits per heavy atom. The Bertz CT molecular complexity index is 1640. The maximum atomic E-state index is 13.1. The fourth-order valence-electron chi connectivity index (χ4n) is 5.41. The molecule has 7 nitrogen and oxygen atoms in total. The Labute approximate surface area is 240 Å². The van der Waals surface area contributed by atoms with Crippen LogP contribution in [0.5, 0.6) is 11.5 Å². The predicted molar refractivity (Wildman–Crippen MR) is 161 cm³/mol. The summed E-state index contributed by atoms with van der Waals surface area (Å²) >= 11 is 0. The molecule has 7 heteroatoms. The van der Waals surface area contributed by atoms with Crippen molar-refractivity contribution in [1.82, 2.24) is 19.2 Å². The van der Waals surface area contributed by atoms with Crippen molar-refractivity contribution in [3.63, 3.8) is 0 Å². The minimum Gasteiger partial charge on any atom is -0.497 e. The molecule has 0 bridgehead atoms. The van der Waals surface area contributed by atoms with E-state index in [1.54, 1.807) is 7.11 Å². The Morgan fingerprint density at radius 3 is 2.29 bits per heavy atom. The second-order valence-corrected chi connectivity index (χ2v) is 10.2. The molecule has 0 unspecified atom stereocenters. The van der Waals surface area contributed by atoms with E-state index in [0.717, 1.165) is 64.9 Å². The molecule has 0 aliphatic carbocycles. The van der Waals surface area contributed by atoms with Crippen LogP contribution in [0, 0.1) is 0 Å². The zero-order chi connectivity index (χ0) is 28.2. The highest BCUT2D eigenvalue weighted by molar-refractivity contribution is 5.94. The first-order valence-electron chi connectivity index (χ1n) is 14.1. The van der Waals surface area contributed by atoms with E-state index < -0.39 is 0 Å². The minimum absolute atomic E-state index is 0.0611. The smallest absolute Gasteiger partial charge is 0.253 e. The van der Waals surface area contributed by atoms with E-state index >= 15 is 0 Å². The number of benzene rings is 3. The summed E-state index contributed by atoms with van der Waals surface area (Å²) in [6.45, 7) is 6.30. The molecule has 0 atom stereocenters. The van der Waals surface area contributed by atoms with Crippen LogP contribution < -0.4 is 9.47 Å². The van der Waals surface area contributed by atoms with Gasteiger partial charge in [-0.1, -0.05) is 42.5 Å². The molecule has 0 N–H and O–H groups in total. The maximum Gasteiger partial charge on any atom is 0.253 e. The third-order valence-electron chi connectivity index (χ3n) is 7.61. The number of piperazine rings is 1. The summed E-state index contributed by atoms with van der Waals surface area (Å²) in [5.74, 6) is 1.67. The van der Waals surface area contributed by atoms with E-state index in [1.165, 1.54) is 0 Å². The molecule has 1 aliphatic heterocycles. The fraction of sp³-hybridized carbons (Fsp3) is 0.235. The second kappa shape index (κ2) is 11.9. The molecule has 1 saturated heterocycles. The Hall–Kier alpha value is -4.62. The average molecular weight is 547 g/mol. The van der Waals surface area contributed by atoms with E-state index in [4.69, 9.17) is 14.5 Å². The van der Waals surface area contributed by atoms with Crippen molar-refractivity contribution in [2.45, 2.75) is 13.5 Å². The van der Waals surface area contributed by atoms with Gasteiger partial charge in [0.2, 0.25) is 0 Å². The van der Waals surface area contributed by atoms with E-state index in [9.17, 15) is 4.79 Å². The molecule has 3 heterocycles. The molecule has 5 aromatic rings. The molecule has 6 rings (SSSR count). The Morgan fingerprint density at radius 1 is 0.805 bits per heavy atom.